The van der Waals surface area contributed by atoms with Gasteiger partial charge < -0.3 is 4.42 Å². The third-order valence-corrected chi connectivity index (χ3v) is 2.74. The minimum Gasteiger partial charge on any atom is -0.427 e. The first kappa shape index (κ1) is 11.6. The normalized spacial score (nSPS) is 10.4. The molecular weight excluding hydrogens is 212 g/mol. The lowest BCUT2D eigenvalue weighted by atomic mass is 10.1. The smallest absolute Gasteiger partial charge is 0.343 e. The van der Waals surface area contributed by atoms with Crippen LogP contribution in [0, 0.1) is 0 Å². The Kier molecular flexibility index (Phi) is 3.76. The summed E-state index contributed by atoms with van der Waals surface area (Å²) in [5.41, 5.74) is 1.29. The van der Waals surface area contributed by atoms with Crippen LogP contribution < -0.4 is 5.63 Å². The molecule has 1 heterocycles. The minimum atomic E-state index is -0.246. The van der Waals surface area contributed by atoms with E-state index in [1.54, 1.807) is 0 Å². The Morgan fingerprint density at radius 1 is 1.06 bits per heavy atom. The quantitative estimate of drug-likeness (QED) is 0.799. The Bertz CT molecular complexity index is 526. The summed E-state index contributed by atoms with van der Waals surface area (Å²) in [6.07, 6.45) is 2.98. The molecule has 0 aliphatic carbocycles. The fraction of sp³-hybridized carbons (Fsp3) is 0.267. The number of rotatable bonds is 4. The van der Waals surface area contributed by atoms with Crippen LogP contribution in [0.2, 0.25) is 0 Å². The fourth-order valence-electron chi connectivity index (χ4n) is 1.77. The van der Waals surface area contributed by atoms with Gasteiger partial charge in [-0.3, -0.25) is 0 Å². The molecule has 0 saturated heterocycles. The van der Waals surface area contributed by atoms with Crippen LogP contribution in [0.1, 0.15) is 25.5 Å². The van der Waals surface area contributed by atoms with E-state index in [0.29, 0.717) is 5.56 Å². The van der Waals surface area contributed by atoms with Gasteiger partial charge in [0.05, 0.1) is 5.56 Å². The summed E-state index contributed by atoms with van der Waals surface area (Å²) >= 11 is 0. The molecule has 2 rings (SSSR count). The first-order valence-electron chi connectivity index (χ1n) is 5.99. The zero-order valence-corrected chi connectivity index (χ0v) is 9.98. The van der Waals surface area contributed by atoms with Crippen molar-refractivity contribution in [3.8, 4) is 11.1 Å². The van der Waals surface area contributed by atoms with Gasteiger partial charge in [-0.05, 0) is 24.1 Å². The van der Waals surface area contributed by atoms with E-state index >= 15 is 0 Å². The molecule has 2 aromatic rings. The van der Waals surface area contributed by atoms with Crippen LogP contribution in [0.5, 0.6) is 0 Å². The maximum atomic E-state index is 11.8. The van der Waals surface area contributed by atoms with E-state index in [1.807, 2.05) is 42.5 Å². The molecule has 0 saturated carbocycles. The average molecular weight is 228 g/mol. The summed E-state index contributed by atoms with van der Waals surface area (Å²) in [7, 11) is 0. The van der Waals surface area contributed by atoms with Gasteiger partial charge in [-0.15, -0.1) is 0 Å². The number of hydrogen-bond donors (Lipinski definition) is 0. The van der Waals surface area contributed by atoms with Crippen molar-refractivity contribution < 1.29 is 4.42 Å². The van der Waals surface area contributed by atoms with Gasteiger partial charge in [-0.1, -0.05) is 43.7 Å². The van der Waals surface area contributed by atoms with Gasteiger partial charge in [-0.2, -0.15) is 0 Å². The van der Waals surface area contributed by atoms with Crippen molar-refractivity contribution >= 4 is 0 Å². The van der Waals surface area contributed by atoms with Crippen molar-refractivity contribution in [1.82, 2.24) is 0 Å². The predicted octanol–water partition coefficient (Wildman–Crippen LogP) is 3.65. The molecule has 0 aliphatic rings. The van der Waals surface area contributed by atoms with Gasteiger partial charge in [0.25, 0.3) is 0 Å². The molecule has 0 bridgehead atoms. The molecule has 0 fully saturated rings. The van der Waals surface area contributed by atoms with Gasteiger partial charge in [-0.25, -0.2) is 4.79 Å². The third-order valence-electron chi connectivity index (χ3n) is 2.74. The van der Waals surface area contributed by atoms with Gasteiger partial charge in [0.1, 0.15) is 5.76 Å². The summed E-state index contributed by atoms with van der Waals surface area (Å²) in [4.78, 5) is 11.8. The largest absolute Gasteiger partial charge is 0.427 e. The summed E-state index contributed by atoms with van der Waals surface area (Å²) in [6, 6.07) is 13.3. The zero-order chi connectivity index (χ0) is 12.1. The Balaban J connectivity index is 2.30. The van der Waals surface area contributed by atoms with Gasteiger partial charge >= 0.3 is 5.63 Å². The SMILES string of the molecule is CCCCc1ccc(-c2ccccc2)c(=O)o1. The highest BCUT2D eigenvalue weighted by Gasteiger charge is 2.05. The molecule has 0 amide bonds. The summed E-state index contributed by atoms with van der Waals surface area (Å²) in [5.74, 6) is 0.775. The molecule has 17 heavy (non-hydrogen) atoms. The molecule has 1 aromatic heterocycles. The first-order valence-corrected chi connectivity index (χ1v) is 5.99. The summed E-state index contributed by atoms with van der Waals surface area (Å²) in [5, 5.41) is 0. The molecule has 2 heteroatoms. The van der Waals surface area contributed by atoms with E-state index in [9.17, 15) is 4.79 Å². The zero-order valence-electron chi connectivity index (χ0n) is 9.98. The van der Waals surface area contributed by atoms with E-state index in [0.717, 1.165) is 30.6 Å². The standard InChI is InChI=1S/C15H16O2/c1-2-3-9-13-10-11-14(15(16)17-13)12-7-5-4-6-8-12/h4-8,10-11H,2-3,9H2,1H3. The Hall–Kier alpha value is -1.83. The molecule has 0 unspecified atom stereocenters. The van der Waals surface area contributed by atoms with Crippen molar-refractivity contribution in [3.05, 3.63) is 58.6 Å². The minimum absolute atomic E-state index is 0.246. The van der Waals surface area contributed by atoms with E-state index < -0.39 is 0 Å². The molecule has 0 atom stereocenters. The first-order chi connectivity index (χ1) is 8.31. The second-order valence-electron chi connectivity index (χ2n) is 4.07. The van der Waals surface area contributed by atoms with Crippen molar-refractivity contribution in [2.24, 2.45) is 0 Å². The molecule has 88 valence electrons. The lowest BCUT2D eigenvalue weighted by Crippen LogP contribution is -2.04. The maximum Gasteiger partial charge on any atom is 0.343 e. The molecule has 0 spiro atoms. The van der Waals surface area contributed by atoms with E-state index in [1.165, 1.54) is 0 Å². The van der Waals surface area contributed by atoms with Gasteiger partial charge in [0.2, 0.25) is 0 Å². The number of unbranched alkanes of at least 4 members (excludes halogenated alkanes) is 1. The lowest BCUT2D eigenvalue weighted by Gasteiger charge is -2.02. The van der Waals surface area contributed by atoms with Crippen LogP contribution in [0.3, 0.4) is 0 Å². The van der Waals surface area contributed by atoms with Crippen LogP contribution in [0.15, 0.2) is 51.7 Å². The Morgan fingerprint density at radius 2 is 1.82 bits per heavy atom. The topological polar surface area (TPSA) is 30.2 Å². The average Bonchev–Trinajstić information content (AvgIpc) is 2.37. The van der Waals surface area contributed by atoms with Crippen LogP contribution in [-0.4, -0.2) is 0 Å². The highest BCUT2D eigenvalue weighted by Crippen LogP contribution is 2.15. The second-order valence-corrected chi connectivity index (χ2v) is 4.07. The third kappa shape index (κ3) is 2.84. The maximum absolute atomic E-state index is 11.8. The van der Waals surface area contributed by atoms with Gasteiger partial charge in [0.15, 0.2) is 0 Å². The van der Waals surface area contributed by atoms with E-state index in [2.05, 4.69) is 6.92 Å². The predicted molar refractivity (Wildman–Crippen MR) is 69.0 cm³/mol. The molecule has 0 N–H and O–H groups in total. The van der Waals surface area contributed by atoms with Crippen molar-refractivity contribution in [1.29, 1.82) is 0 Å². The highest BCUT2D eigenvalue weighted by atomic mass is 16.4. The van der Waals surface area contributed by atoms with Crippen molar-refractivity contribution in [2.45, 2.75) is 26.2 Å². The molecule has 0 radical (unpaired) electrons. The van der Waals surface area contributed by atoms with E-state index in [-0.39, 0.29) is 5.63 Å². The Morgan fingerprint density at radius 3 is 2.47 bits per heavy atom. The summed E-state index contributed by atoms with van der Waals surface area (Å²) in [6.45, 7) is 2.12. The molecule has 2 nitrogen and oxygen atoms in total. The molecule has 0 aliphatic heterocycles. The van der Waals surface area contributed by atoms with Crippen LogP contribution in [0.4, 0.5) is 0 Å². The van der Waals surface area contributed by atoms with Crippen molar-refractivity contribution in [2.75, 3.05) is 0 Å². The fourth-order valence-corrected chi connectivity index (χ4v) is 1.77. The van der Waals surface area contributed by atoms with Crippen molar-refractivity contribution in [3.63, 3.8) is 0 Å². The summed E-state index contributed by atoms with van der Waals surface area (Å²) < 4.78 is 5.31. The monoisotopic (exact) mass is 228 g/mol. The van der Waals surface area contributed by atoms with Crippen LogP contribution in [0.25, 0.3) is 11.1 Å². The number of benzene rings is 1. The van der Waals surface area contributed by atoms with Gasteiger partial charge in [0, 0.05) is 6.42 Å². The lowest BCUT2D eigenvalue weighted by molar-refractivity contribution is 0.455. The number of hydrogen-bond acceptors (Lipinski definition) is 2. The van der Waals surface area contributed by atoms with Crippen LogP contribution in [-0.2, 0) is 6.42 Å². The highest BCUT2D eigenvalue weighted by molar-refractivity contribution is 5.61. The number of aryl methyl sites for hydroxylation is 1. The molecule has 1 aromatic carbocycles. The van der Waals surface area contributed by atoms with Crippen LogP contribution >= 0.6 is 0 Å². The second kappa shape index (κ2) is 5.48. The Labute approximate surface area is 101 Å². The molecular formula is C15H16O2. The van der Waals surface area contributed by atoms with E-state index in [4.69, 9.17) is 4.42 Å².